The molecule has 0 aliphatic heterocycles. The lowest BCUT2D eigenvalue weighted by molar-refractivity contribution is -0.132. The Morgan fingerprint density at radius 1 is 1.23 bits per heavy atom. The maximum absolute atomic E-state index is 8.54. The summed E-state index contributed by atoms with van der Waals surface area (Å²) in [5.74, 6) is 0. The molecule has 0 aromatic carbocycles. The van der Waals surface area contributed by atoms with Crippen molar-refractivity contribution in [2.75, 3.05) is 32.9 Å². The molecule has 0 aromatic heterocycles. The monoisotopic (exact) mass is 191 g/mol. The van der Waals surface area contributed by atoms with E-state index in [2.05, 4.69) is 5.32 Å². The number of aliphatic hydroxyl groups is 1. The SMILES string of the molecule is CCOC(CNCCCO)OCC. The van der Waals surface area contributed by atoms with E-state index < -0.39 is 0 Å². The Morgan fingerprint density at radius 3 is 2.31 bits per heavy atom. The van der Waals surface area contributed by atoms with Crippen LogP contribution in [0.3, 0.4) is 0 Å². The Hall–Kier alpha value is -0.160. The van der Waals surface area contributed by atoms with Crippen LogP contribution in [0.5, 0.6) is 0 Å². The minimum absolute atomic E-state index is 0.159. The zero-order valence-corrected chi connectivity index (χ0v) is 8.58. The third-order valence-corrected chi connectivity index (χ3v) is 1.53. The molecule has 0 bridgehead atoms. The zero-order valence-electron chi connectivity index (χ0n) is 8.58. The number of hydrogen-bond acceptors (Lipinski definition) is 4. The van der Waals surface area contributed by atoms with Crippen molar-refractivity contribution >= 4 is 0 Å². The van der Waals surface area contributed by atoms with Crippen LogP contribution in [0, 0.1) is 0 Å². The summed E-state index contributed by atoms with van der Waals surface area (Å²) < 4.78 is 10.6. The van der Waals surface area contributed by atoms with E-state index in [1.807, 2.05) is 13.8 Å². The fourth-order valence-electron chi connectivity index (χ4n) is 0.962. The highest BCUT2D eigenvalue weighted by atomic mass is 16.7. The average Bonchev–Trinajstić information content (AvgIpc) is 2.13. The molecule has 0 aliphatic carbocycles. The van der Waals surface area contributed by atoms with E-state index in [9.17, 15) is 0 Å². The van der Waals surface area contributed by atoms with E-state index in [1.165, 1.54) is 0 Å². The molecule has 80 valence electrons. The first-order valence-corrected chi connectivity index (χ1v) is 4.89. The van der Waals surface area contributed by atoms with Gasteiger partial charge in [-0.1, -0.05) is 0 Å². The first-order valence-electron chi connectivity index (χ1n) is 4.89. The normalized spacial score (nSPS) is 11.1. The van der Waals surface area contributed by atoms with Crippen LogP contribution in [-0.2, 0) is 9.47 Å². The van der Waals surface area contributed by atoms with Gasteiger partial charge < -0.3 is 19.9 Å². The van der Waals surface area contributed by atoms with Crippen LogP contribution in [-0.4, -0.2) is 44.3 Å². The lowest BCUT2D eigenvalue weighted by atomic mass is 10.4. The van der Waals surface area contributed by atoms with Crippen molar-refractivity contribution in [1.82, 2.24) is 5.32 Å². The molecule has 0 radical (unpaired) electrons. The Labute approximate surface area is 80.2 Å². The van der Waals surface area contributed by atoms with Crippen LogP contribution < -0.4 is 5.32 Å². The van der Waals surface area contributed by atoms with Gasteiger partial charge in [0.1, 0.15) is 0 Å². The zero-order chi connectivity index (χ0) is 9.94. The van der Waals surface area contributed by atoms with Crippen molar-refractivity contribution in [3.05, 3.63) is 0 Å². The molecule has 4 nitrogen and oxygen atoms in total. The van der Waals surface area contributed by atoms with Gasteiger partial charge in [0, 0.05) is 26.4 Å². The largest absolute Gasteiger partial charge is 0.396 e. The second-order valence-electron chi connectivity index (χ2n) is 2.62. The van der Waals surface area contributed by atoms with Crippen molar-refractivity contribution in [3.63, 3.8) is 0 Å². The summed E-state index contributed by atoms with van der Waals surface area (Å²) in [5.41, 5.74) is 0. The van der Waals surface area contributed by atoms with Crippen molar-refractivity contribution < 1.29 is 14.6 Å². The summed E-state index contributed by atoms with van der Waals surface area (Å²) in [6, 6.07) is 0. The maximum atomic E-state index is 8.54. The minimum atomic E-state index is -0.159. The third-order valence-electron chi connectivity index (χ3n) is 1.53. The second-order valence-corrected chi connectivity index (χ2v) is 2.62. The Kier molecular flexibility index (Phi) is 9.80. The molecule has 0 fully saturated rings. The minimum Gasteiger partial charge on any atom is -0.396 e. The van der Waals surface area contributed by atoms with Crippen LogP contribution in [0.4, 0.5) is 0 Å². The van der Waals surface area contributed by atoms with Crippen molar-refractivity contribution in [3.8, 4) is 0 Å². The van der Waals surface area contributed by atoms with Gasteiger partial charge in [0.2, 0.25) is 0 Å². The molecule has 4 heteroatoms. The van der Waals surface area contributed by atoms with Gasteiger partial charge >= 0.3 is 0 Å². The van der Waals surface area contributed by atoms with Crippen LogP contribution in [0.1, 0.15) is 20.3 Å². The van der Waals surface area contributed by atoms with E-state index in [1.54, 1.807) is 0 Å². The highest BCUT2D eigenvalue weighted by molar-refractivity contribution is 4.51. The van der Waals surface area contributed by atoms with Crippen LogP contribution >= 0.6 is 0 Å². The second kappa shape index (κ2) is 9.92. The van der Waals surface area contributed by atoms with Crippen molar-refractivity contribution in [2.45, 2.75) is 26.6 Å². The van der Waals surface area contributed by atoms with E-state index in [4.69, 9.17) is 14.6 Å². The van der Waals surface area contributed by atoms with E-state index in [0.29, 0.717) is 19.8 Å². The third kappa shape index (κ3) is 8.18. The van der Waals surface area contributed by atoms with Gasteiger partial charge in [-0.2, -0.15) is 0 Å². The number of aliphatic hydroxyl groups excluding tert-OH is 1. The molecule has 2 N–H and O–H groups in total. The predicted octanol–water partition coefficient (Wildman–Crippen LogP) is 0.357. The average molecular weight is 191 g/mol. The molecule has 0 saturated heterocycles. The lowest BCUT2D eigenvalue weighted by Crippen LogP contribution is -2.32. The summed E-state index contributed by atoms with van der Waals surface area (Å²) in [5, 5.41) is 11.7. The molecular formula is C9H21NO3. The summed E-state index contributed by atoms with van der Waals surface area (Å²) in [7, 11) is 0. The van der Waals surface area contributed by atoms with Crippen molar-refractivity contribution in [2.24, 2.45) is 0 Å². The number of hydrogen-bond donors (Lipinski definition) is 2. The summed E-state index contributed by atoms with van der Waals surface area (Å²) >= 11 is 0. The summed E-state index contributed by atoms with van der Waals surface area (Å²) in [6.07, 6.45) is 0.610. The first-order chi connectivity index (χ1) is 6.35. The quantitative estimate of drug-likeness (QED) is 0.408. The standard InChI is InChI=1S/C9H21NO3/c1-3-12-9(13-4-2)8-10-6-5-7-11/h9-11H,3-8H2,1-2H3. The molecule has 0 unspecified atom stereocenters. The molecule has 0 amide bonds. The number of nitrogens with one attached hydrogen (secondary N) is 1. The van der Waals surface area contributed by atoms with Crippen LogP contribution in [0.25, 0.3) is 0 Å². The lowest BCUT2D eigenvalue weighted by Gasteiger charge is -2.17. The number of rotatable bonds is 9. The van der Waals surface area contributed by atoms with Crippen LogP contribution in [0.2, 0.25) is 0 Å². The molecule has 0 saturated carbocycles. The van der Waals surface area contributed by atoms with Gasteiger partial charge in [-0.3, -0.25) is 0 Å². The topological polar surface area (TPSA) is 50.7 Å². The van der Waals surface area contributed by atoms with Gasteiger partial charge in [0.15, 0.2) is 6.29 Å². The Balaban J connectivity index is 3.33. The highest BCUT2D eigenvalue weighted by Gasteiger charge is 2.05. The summed E-state index contributed by atoms with van der Waals surface area (Å²) in [6.45, 7) is 6.91. The summed E-state index contributed by atoms with van der Waals surface area (Å²) in [4.78, 5) is 0. The van der Waals surface area contributed by atoms with Crippen molar-refractivity contribution in [1.29, 1.82) is 0 Å². The highest BCUT2D eigenvalue weighted by Crippen LogP contribution is 1.92. The Morgan fingerprint density at radius 2 is 1.85 bits per heavy atom. The molecule has 0 heterocycles. The maximum Gasteiger partial charge on any atom is 0.169 e. The van der Waals surface area contributed by atoms with Gasteiger partial charge in [-0.15, -0.1) is 0 Å². The molecule has 0 aliphatic rings. The van der Waals surface area contributed by atoms with Gasteiger partial charge in [0.05, 0.1) is 0 Å². The van der Waals surface area contributed by atoms with Gasteiger partial charge in [-0.05, 0) is 26.8 Å². The predicted molar refractivity (Wildman–Crippen MR) is 51.6 cm³/mol. The van der Waals surface area contributed by atoms with Gasteiger partial charge in [-0.25, -0.2) is 0 Å². The number of ether oxygens (including phenoxy) is 2. The van der Waals surface area contributed by atoms with E-state index in [-0.39, 0.29) is 12.9 Å². The van der Waals surface area contributed by atoms with E-state index in [0.717, 1.165) is 13.0 Å². The fourth-order valence-corrected chi connectivity index (χ4v) is 0.962. The van der Waals surface area contributed by atoms with E-state index >= 15 is 0 Å². The fraction of sp³-hybridized carbons (Fsp3) is 1.00. The molecule has 0 aromatic rings. The molecule has 13 heavy (non-hydrogen) atoms. The molecule has 0 rings (SSSR count). The smallest absolute Gasteiger partial charge is 0.169 e. The Bertz CT molecular complexity index is 94.9. The van der Waals surface area contributed by atoms with Gasteiger partial charge in [0.25, 0.3) is 0 Å². The molecular weight excluding hydrogens is 170 g/mol. The van der Waals surface area contributed by atoms with Crippen LogP contribution in [0.15, 0.2) is 0 Å². The molecule has 0 spiro atoms. The first kappa shape index (κ1) is 12.8. The molecule has 0 atom stereocenters.